The minimum atomic E-state index is -0.451. The number of aliphatic hydroxyl groups is 1. The topological polar surface area (TPSA) is 48.9 Å². The monoisotopic (exact) mass is 362 g/mol. The Hall–Kier alpha value is -1.30. The van der Waals surface area contributed by atoms with E-state index in [1.54, 1.807) is 11.8 Å². The van der Waals surface area contributed by atoms with Gasteiger partial charge in [0.15, 0.2) is 0 Å². The van der Waals surface area contributed by atoms with Crippen molar-refractivity contribution in [1.82, 2.24) is 9.97 Å². The van der Waals surface area contributed by atoms with Gasteiger partial charge in [-0.05, 0) is 29.8 Å². The molecule has 0 saturated heterocycles. The lowest BCUT2D eigenvalue weighted by atomic mass is 10.1. The number of rotatable bonds is 5. The van der Waals surface area contributed by atoms with E-state index in [-0.39, 0.29) is 0 Å². The van der Waals surface area contributed by atoms with E-state index in [1.807, 2.05) is 48.5 Å². The third kappa shape index (κ3) is 3.67. The van der Waals surface area contributed by atoms with Crippen LogP contribution in [0.4, 0.5) is 0 Å². The maximum atomic E-state index is 10.2. The minimum Gasteiger partial charge on any atom is -0.388 e. The molecule has 3 rings (SSSR count). The van der Waals surface area contributed by atoms with Crippen molar-refractivity contribution in [3.05, 3.63) is 64.4 Å². The molecule has 108 valence electrons. The van der Waals surface area contributed by atoms with Crippen LogP contribution in [0.3, 0.4) is 0 Å². The van der Waals surface area contributed by atoms with Crippen molar-refractivity contribution >= 4 is 38.7 Å². The van der Waals surface area contributed by atoms with Gasteiger partial charge in [-0.25, -0.2) is 4.98 Å². The van der Waals surface area contributed by atoms with Crippen molar-refractivity contribution in [3.63, 3.8) is 0 Å². The fourth-order valence-corrected chi connectivity index (χ4v) is 3.25. The molecule has 3 nitrogen and oxygen atoms in total. The Bertz CT molecular complexity index is 693. The zero-order chi connectivity index (χ0) is 14.7. The quantitative estimate of drug-likeness (QED) is 0.711. The number of H-pyrrole nitrogens is 1. The van der Waals surface area contributed by atoms with Crippen molar-refractivity contribution in [2.24, 2.45) is 0 Å². The molecule has 0 aliphatic carbocycles. The first-order chi connectivity index (χ1) is 10.2. The van der Waals surface area contributed by atoms with Gasteiger partial charge in [-0.2, -0.15) is 11.8 Å². The summed E-state index contributed by atoms with van der Waals surface area (Å²) in [5.74, 6) is 2.37. The molecule has 3 aromatic rings. The third-order valence-corrected chi connectivity index (χ3v) is 4.77. The van der Waals surface area contributed by atoms with Crippen LogP contribution < -0.4 is 0 Å². The first kappa shape index (κ1) is 14.6. The maximum absolute atomic E-state index is 10.2. The van der Waals surface area contributed by atoms with E-state index < -0.39 is 6.10 Å². The number of hydrogen-bond acceptors (Lipinski definition) is 3. The molecular weight excluding hydrogens is 348 g/mol. The highest BCUT2D eigenvalue weighted by molar-refractivity contribution is 9.10. The molecule has 0 amide bonds. The summed E-state index contributed by atoms with van der Waals surface area (Å²) in [6.45, 7) is 0. The fraction of sp³-hybridized carbons (Fsp3) is 0.188. The van der Waals surface area contributed by atoms with Crippen molar-refractivity contribution in [3.8, 4) is 0 Å². The van der Waals surface area contributed by atoms with Gasteiger partial charge in [0.05, 0.1) is 22.9 Å². The Morgan fingerprint density at radius 2 is 1.90 bits per heavy atom. The molecule has 0 spiro atoms. The van der Waals surface area contributed by atoms with Gasteiger partial charge in [0, 0.05) is 10.2 Å². The van der Waals surface area contributed by atoms with Crippen LogP contribution >= 0.6 is 27.7 Å². The van der Waals surface area contributed by atoms with Crippen LogP contribution in [-0.2, 0) is 5.75 Å². The molecule has 1 unspecified atom stereocenters. The standard InChI is InChI=1S/C16H15BrN2OS/c17-12-7-5-11(6-8-12)15(20)9-21-10-16-18-13-3-1-2-4-14(13)19-16/h1-8,15,20H,9-10H2,(H,18,19). The first-order valence-electron chi connectivity index (χ1n) is 6.67. The van der Waals surface area contributed by atoms with Crippen LogP contribution in [0, 0.1) is 0 Å². The van der Waals surface area contributed by atoms with Crippen molar-refractivity contribution < 1.29 is 5.11 Å². The SMILES string of the molecule is OC(CSCc1nc2ccccc2[nH]1)c1ccc(Br)cc1. The number of thioether (sulfide) groups is 1. The second kappa shape index (κ2) is 6.64. The molecular formula is C16H15BrN2OS. The molecule has 5 heteroatoms. The fourth-order valence-electron chi connectivity index (χ4n) is 2.12. The molecule has 0 saturated carbocycles. The number of aliphatic hydroxyl groups excluding tert-OH is 1. The summed E-state index contributed by atoms with van der Waals surface area (Å²) in [5, 5.41) is 10.2. The van der Waals surface area contributed by atoms with Gasteiger partial charge in [0.25, 0.3) is 0 Å². The van der Waals surface area contributed by atoms with E-state index in [0.717, 1.165) is 32.6 Å². The van der Waals surface area contributed by atoms with E-state index >= 15 is 0 Å². The lowest BCUT2D eigenvalue weighted by molar-refractivity contribution is 0.204. The van der Waals surface area contributed by atoms with Crippen LogP contribution in [0.2, 0.25) is 0 Å². The molecule has 0 radical (unpaired) electrons. The number of benzene rings is 2. The van der Waals surface area contributed by atoms with Gasteiger partial charge in [-0.1, -0.05) is 40.2 Å². The first-order valence-corrected chi connectivity index (χ1v) is 8.62. The summed E-state index contributed by atoms with van der Waals surface area (Å²) in [6, 6.07) is 15.8. The lowest BCUT2D eigenvalue weighted by Crippen LogP contribution is -2.00. The van der Waals surface area contributed by atoms with Crippen molar-refractivity contribution in [1.29, 1.82) is 0 Å². The normalized spacial score (nSPS) is 12.7. The molecule has 0 fully saturated rings. The maximum Gasteiger partial charge on any atom is 0.117 e. The van der Waals surface area contributed by atoms with Gasteiger partial charge in [0.1, 0.15) is 5.82 Å². The highest BCUT2D eigenvalue weighted by atomic mass is 79.9. The van der Waals surface area contributed by atoms with Crippen LogP contribution in [-0.4, -0.2) is 20.8 Å². The highest BCUT2D eigenvalue weighted by Gasteiger charge is 2.08. The number of aromatic amines is 1. The molecule has 1 atom stereocenters. The summed E-state index contributed by atoms with van der Waals surface area (Å²) in [6.07, 6.45) is -0.451. The molecule has 0 bridgehead atoms. The predicted octanol–water partition coefficient (Wildman–Crippen LogP) is 4.29. The third-order valence-electron chi connectivity index (χ3n) is 3.21. The van der Waals surface area contributed by atoms with Crippen LogP contribution in [0.1, 0.15) is 17.5 Å². The smallest absolute Gasteiger partial charge is 0.117 e. The van der Waals surface area contributed by atoms with E-state index in [0.29, 0.717) is 5.75 Å². The molecule has 2 N–H and O–H groups in total. The minimum absolute atomic E-state index is 0.451. The lowest BCUT2D eigenvalue weighted by Gasteiger charge is -2.10. The predicted molar refractivity (Wildman–Crippen MR) is 91.4 cm³/mol. The van der Waals surface area contributed by atoms with Crippen LogP contribution in [0.15, 0.2) is 53.0 Å². The Morgan fingerprint density at radius 1 is 1.14 bits per heavy atom. The number of nitrogens with one attached hydrogen (secondary N) is 1. The number of aromatic nitrogens is 2. The molecule has 1 aromatic heterocycles. The summed E-state index contributed by atoms with van der Waals surface area (Å²) in [5.41, 5.74) is 2.98. The van der Waals surface area contributed by atoms with Gasteiger partial charge in [0.2, 0.25) is 0 Å². The zero-order valence-corrected chi connectivity index (χ0v) is 13.7. The summed E-state index contributed by atoms with van der Waals surface area (Å²) >= 11 is 5.07. The van der Waals surface area contributed by atoms with Gasteiger partial charge in [-0.15, -0.1) is 0 Å². The Morgan fingerprint density at radius 3 is 2.67 bits per heavy atom. The summed E-state index contributed by atoms with van der Waals surface area (Å²) in [4.78, 5) is 7.83. The van der Waals surface area contributed by atoms with Gasteiger partial charge < -0.3 is 10.1 Å². The number of fused-ring (bicyclic) bond motifs is 1. The van der Waals surface area contributed by atoms with Gasteiger partial charge >= 0.3 is 0 Å². The van der Waals surface area contributed by atoms with Crippen LogP contribution in [0.5, 0.6) is 0 Å². The van der Waals surface area contributed by atoms with Crippen molar-refractivity contribution in [2.45, 2.75) is 11.9 Å². The average Bonchev–Trinajstić information content (AvgIpc) is 2.90. The highest BCUT2D eigenvalue weighted by Crippen LogP contribution is 2.22. The van der Waals surface area contributed by atoms with Gasteiger partial charge in [-0.3, -0.25) is 0 Å². The second-order valence-corrected chi connectivity index (χ2v) is 6.73. The largest absolute Gasteiger partial charge is 0.388 e. The van der Waals surface area contributed by atoms with E-state index in [1.165, 1.54) is 0 Å². The molecule has 2 aromatic carbocycles. The molecule has 21 heavy (non-hydrogen) atoms. The molecule has 0 aliphatic heterocycles. The van der Waals surface area contributed by atoms with Crippen LogP contribution in [0.25, 0.3) is 11.0 Å². The number of para-hydroxylation sites is 2. The van der Waals surface area contributed by atoms with Crippen molar-refractivity contribution in [2.75, 3.05) is 5.75 Å². The average molecular weight is 363 g/mol. The summed E-state index contributed by atoms with van der Waals surface area (Å²) in [7, 11) is 0. The number of hydrogen-bond donors (Lipinski definition) is 2. The number of halogens is 1. The van der Waals surface area contributed by atoms with E-state index in [2.05, 4.69) is 25.9 Å². The van der Waals surface area contributed by atoms with E-state index in [4.69, 9.17) is 0 Å². The molecule has 1 heterocycles. The number of nitrogens with zero attached hydrogens (tertiary/aromatic N) is 1. The van der Waals surface area contributed by atoms with E-state index in [9.17, 15) is 5.11 Å². The Balaban J connectivity index is 1.56. The summed E-state index contributed by atoms with van der Waals surface area (Å²) < 4.78 is 1.02. The Kier molecular flexibility index (Phi) is 4.63. The number of imidazole rings is 1. The molecule has 0 aliphatic rings. The zero-order valence-electron chi connectivity index (χ0n) is 11.3. The Labute approximate surface area is 135 Å². The second-order valence-electron chi connectivity index (χ2n) is 4.78.